The van der Waals surface area contributed by atoms with E-state index in [1.807, 2.05) is 48.5 Å². The van der Waals surface area contributed by atoms with Gasteiger partial charge in [0, 0.05) is 19.0 Å². The van der Waals surface area contributed by atoms with Crippen molar-refractivity contribution in [2.75, 3.05) is 19.7 Å². The molecule has 0 unspecified atom stereocenters. The quantitative estimate of drug-likeness (QED) is 0.497. The monoisotopic (exact) mass is 486 g/mol. The number of amides is 2. The molecule has 0 aromatic heterocycles. The zero-order valence-electron chi connectivity index (χ0n) is 19.5. The number of halogens is 2. The lowest BCUT2D eigenvalue weighted by Gasteiger charge is -2.22. The Morgan fingerprint density at radius 1 is 1.00 bits per heavy atom. The number of rotatable bonds is 9. The first-order chi connectivity index (χ1) is 16.5. The van der Waals surface area contributed by atoms with Crippen LogP contribution in [0.2, 0.25) is 0 Å². The standard InChI is InChI=1S/C26H28F2N2O5/c1-25(2,11-21(31)32)14-30-23(33)22-20(26(22,27)28)12-29-24(34)35-13-19-17-9-5-3-7-15(17)16-8-4-6-10-18(16)19/h3-10,19-20,22H,11-14H2,1-2H3,(H,29,34)(H,30,33)(H,31,32)/t20-,22-/m0/s1. The molecule has 2 amide bonds. The summed E-state index contributed by atoms with van der Waals surface area (Å²) < 4.78 is 33.8. The van der Waals surface area contributed by atoms with Gasteiger partial charge in [0.05, 0.1) is 12.3 Å². The van der Waals surface area contributed by atoms with Gasteiger partial charge in [-0.05, 0) is 27.7 Å². The fourth-order valence-electron chi connectivity index (χ4n) is 4.75. The molecule has 2 aliphatic carbocycles. The van der Waals surface area contributed by atoms with Crippen molar-refractivity contribution in [2.24, 2.45) is 17.3 Å². The molecule has 35 heavy (non-hydrogen) atoms. The minimum atomic E-state index is -3.25. The van der Waals surface area contributed by atoms with E-state index in [9.17, 15) is 23.2 Å². The lowest BCUT2D eigenvalue weighted by atomic mass is 9.89. The summed E-state index contributed by atoms with van der Waals surface area (Å²) >= 11 is 0. The molecule has 0 bridgehead atoms. The minimum absolute atomic E-state index is 0.0444. The summed E-state index contributed by atoms with van der Waals surface area (Å²) in [4.78, 5) is 35.4. The number of hydrogen-bond acceptors (Lipinski definition) is 4. The Hall–Kier alpha value is -3.49. The van der Waals surface area contributed by atoms with Gasteiger partial charge in [-0.2, -0.15) is 0 Å². The summed E-state index contributed by atoms with van der Waals surface area (Å²) in [6.07, 6.45) is -1.03. The fraction of sp³-hybridized carbons (Fsp3) is 0.423. The summed E-state index contributed by atoms with van der Waals surface area (Å²) in [7, 11) is 0. The number of carbonyl (C=O) groups is 3. The van der Waals surface area contributed by atoms with Gasteiger partial charge >= 0.3 is 12.1 Å². The second-order valence-corrected chi connectivity index (χ2v) is 9.92. The van der Waals surface area contributed by atoms with E-state index in [-0.39, 0.29) is 25.5 Å². The summed E-state index contributed by atoms with van der Waals surface area (Å²) in [5, 5.41) is 13.7. The van der Waals surface area contributed by atoms with Crippen LogP contribution in [-0.4, -0.2) is 48.7 Å². The van der Waals surface area contributed by atoms with Crippen molar-refractivity contribution in [1.82, 2.24) is 10.6 Å². The first kappa shape index (κ1) is 24.6. The molecule has 2 aromatic carbocycles. The van der Waals surface area contributed by atoms with E-state index >= 15 is 0 Å². The predicted molar refractivity (Wildman–Crippen MR) is 124 cm³/mol. The van der Waals surface area contributed by atoms with E-state index in [0.717, 1.165) is 22.3 Å². The molecular formula is C26H28F2N2O5. The van der Waals surface area contributed by atoms with Crippen LogP contribution in [0.3, 0.4) is 0 Å². The molecule has 2 aliphatic rings. The number of ether oxygens (including phenoxy) is 1. The van der Waals surface area contributed by atoms with Gasteiger partial charge in [0.25, 0.3) is 5.92 Å². The molecule has 186 valence electrons. The molecule has 2 atom stereocenters. The van der Waals surface area contributed by atoms with Crippen molar-refractivity contribution >= 4 is 18.0 Å². The molecule has 3 N–H and O–H groups in total. The highest BCUT2D eigenvalue weighted by atomic mass is 19.3. The average Bonchev–Trinajstić information content (AvgIpc) is 3.20. The Morgan fingerprint density at radius 3 is 2.14 bits per heavy atom. The van der Waals surface area contributed by atoms with Gasteiger partial charge in [-0.15, -0.1) is 0 Å². The SMILES string of the molecule is CC(C)(CNC(=O)[C@@H]1[C@H](CNC(=O)OCC2c3ccccc3-c3ccccc32)C1(F)F)CC(=O)O. The number of carboxylic acid groups (broad SMARTS) is 1. The number of benzene rings is 2. The normalized spacial score (nSPS) is 19.9. The molecule has 0 aliphatic heterocycles. The van der Waals surface area contributed by atoms with E-state index in [1.54, 1.807) is 13.8 Å². The molecule has 0 saturated heterocycles. The van der Waals surface area contributed by atoms with Crippen LogP contribution >= 0.6 is 0 Å². The van der Waals surface area contributed by atoms with Gasteiger partial charge in [0.15, 0.2) is 0 Å². The molecule has 0 spiro atoms. The van der Waals surface area contributed by atoms with Crippen molar-refractivity contribution in [3.63, 3.8) is 0 Å². The maximum atomic E-state index is 14.2. The van der Waals surface area contributed by atoms with Crippen LogP contribution in [-0.2, 0) is 14.3 Å². The Balaban J connectivity index is 1.28. The first-order valence-electron chi connectivity index (χ1n) is 11.5. The van der Waals surface area contributed by atoms with E-state index in [4.69, 9.17) is 9.84 Å². The van der Waals surface area contributed by atoms with Gasteiger partial charge in [-0.3, -0.25) is 9.59 Å². The molecular weight excluding hydrogens is 458 g/mol. The van der Waals surface area contributed by atoms with E-state index < -0.39 is 47.7 Å². The molecule has 9 heteroatoms. The van der Waals surface area contributed by atoms with Crippen LogP contribution in [0.5, 0.6) is 0 Å². The van der Waals surface area contributed by atoms with Crippen LogP contribution in [0.25, 0.3) is 11.1 Å². The summed E-state index contributed by atoms with van der Waals surface area (Å²) in [5.74, 6) is -8.21. The second-order valence-electron chi connectivity index (χ2n) is 9.92. The van der Waals surface area contributed by atoms with Crippen LogP contribution in [0.15, 0.2) is 48.5 Å². The molecule has 7 nitrogen and oxygen atoms in total. The van der Waals surface area contributed by atoms with Gasteiger partial charge in [0.2, 0.25) is 5.91 Å². The van der Waals surface area contributed by atoms with E-state index in [0.29, 0.717) is 0 Å². The molecule has 0 radical (unpaired) electrons. The summed E-state index contributed by atoms with van der Waals surface area (Å²) in [6.45, 7) is 2.87. The zero-order valence-corrected chi connectivity index (χ0v) is 19.5. The number of fused-ring (bicyclic) bond motifs is 3. The maximum Gasteiger partial charge on any atom is 0.407 e. The Labute approximate surface area is 201 Å². The second kappa shape index (κ2) is 9.28. The van der Waals surface area contributed by atoms with Gasteiger partial charge in [-0.1, -0.05) is 62.4 Å². The first-order valence-corrected chi connectivity index (χ1v) is 11.5. The maximum absolute atomic E-state index is 14.2. The highest BCUT2D eigenvalue weighted by Gasteiger charge is 2.71. The lowest BCUT2D eigenvalue weighted by Crippen LogP contribution is -2.37. The van der Waals surface area contributed by atoms with Gasteiger partial charge in [-0.25, -0.2) is 13.6 Å². The van der Waals surface area contributed by atoms with Crippen molar-refractivity contribution < 1.29 is 33.0 Å². The fourth-order valence-corrected chi connectivity index (χ4v) is 4.75. The van der Waals surface area contributed by atoms with Crippen LogP contribution in [0, 0.1) is 17.3 Å². The zero-order chi connectivity index (χ0) is 25.4. The largest absolute Gasteiger partial charge is 0.481 e. The molecule has 4 rings (SSSR count). The van der Waals surface area contributed by atoms with Crippen LogP contribution in [0.1, 0.15) is 37.3 Å². The Bertz CT molecular complexity index is 1100. The van der Waals surface area contributed by atoms with Crippen molar-refractivity contribution in [3.05, 3.63) is 59.7 Å². The van der Waals surface area contributed by atoms with E-state index in [2.05, 4.69) is 10.6 Å². The highest BCUT2D eigenvalue weighted by Crippen LogP contribution is 2.55. The number of carboxylic acids is 1. The Kier molecular flexibility index (Phi) is 6.53. The topological polar surface area (TPSA) is 105 Å². The van der Waals surface area contributed by atoms with Crippen molar-refractivity contribution in [1.29, 1.82) is 0 Å². The number of hydrogen-bond donors (Lipinski definition) is 3. The van der Waals surface area contributed by atoms with Crippen molar-refractivity contribution in [3.8, 4) is 11.1 Å². The number of aliphatic carboxylic acids is 1. The third kappa shape index (κ3) is 5.13. The van der Waals surface area contributed by atoms with Gasteiger partial charge in [0.1, 0.15) is 12.5 Å². The van der Waals surface area contributed by atoms with Gasteiger partial charge < -0.3 is 20.5 Å². The van der Waals surface area contributed by atoms with Crippen LogP contribution in [0.4, 0.5) is 13.6 Å². The average molecular weight is 487 g/mol. The number of carbonyl (C=O) groups excluding carboxylic acids is 2. The third-order valence-electron chi connectivity index (χ3n) is 6.67. The number of alkyl halides is 2. The number of nitrogens with one attached hydrogen (secondary N) is 2. The molecule has 2 aromatic rings. The van der Waals surface area contributed by atoms with Crippen molar-refractivity contribution in [2.45, 2.75) is 32.1 Å². The number of alkyl carbamates (subject to hydrolysis) is 1. The Morgan fingerprint density at radius 2 is 1.57 bits per heavy atom. The summed E-state index contributed by atoms with van der Waals surface area (Å²) in [5.41, 5.74) is 3.46. The lowest BCUT2D eigenvalue weighted by molar-refractivity contribution is -0.139. The predicted octanol–water partition coefficient (Wildman–Crippen LogP) is 4.02. The third-order valence-corrected chi connectivity index (χ3v) is 6.67. The van der Waals surface area contributed by atoms with E-state index in [1.165, 1.54) is 0 Å². The summed E-state index contributed by atoms with van der Waals surface area (Å²) in [6, 6.07) is 15.7. The smallest absolute Gasteiger partial charge is 0.407 e. The molecule has 0 heterocycles. The molecule has 1 saturated carbocycles. The minimum Gasteiger partial charge on any atom is -0.481 e. The highest BCUT2D eigenvalue weighted by molar-refractivity contribution is 5.84. The molecule has 1 fully saturated rings. The van der Waals surface area contributed by atoms with Crippen LogP contribution < -0.4 is 10.6 Å².